The molecule has 39 heavy (non-hydrogen) atoms. The van der Waals surface area contributed by atoms with Crippen LogP contribution in [0.25, 0.3) is 11.4 Å². The number of Topliss-reactive ketones (excluding diaryl/α,β-unsaturated/α-hetero) is 1. The first-order valence-electron chi connectivity index (χ1n) is 13.3. The molecule has 1 fully saturated rings. The van der Waals surface area contributed by atoms with Gasteiger partial charge in [-0.3, -0.25) is 19.7 Å². The number of hydrogen-bond donors (Lipinski definition) is 1. The molecule has 9 heteroatoms. The molecular weight excluding hydrogens is 496 g/mol. The van der Waals surface area contributed by atoms with Crippen LogP contribution in [0.2, 0.25) is 0 Å². The normalized spacial score (nSPS) is 17.7. The molecule has 206 valence electrons. The number of ketones is 1. The Bertz CT molecular complexity index is 1350. The van der Waals surface area contributed by atoms with Gasteiger partial charge in [0, 0.05) is 67.5 Å². The fourth-order valence-corrected chi connectivity index (χ4v) is 5.67. The minimum absolute atomic E-state index is 0.0208. The van der Waals surface area contributed by atoms with Gasteiger partial charge < -0.3 is 14.6 Å². The van der Waals surface area contributed by atoms with Gasteiger partial charge in [-0.05, 0) is 36.7 Å². The molecule has 4 rings (SSSR count). The molecule has 0 spiro atoms. The highest BCUT2D eigenvalue weighted by molar-refractivity contribution is 5.87. The van der Waals surface area contributed by atoms with Gasteiger partial charge in [0.1, 0.15) is 17.4 Å². The molecule has 0 radical (unpaired) electrons. The predicted molar refractivity (Wildman–Crippen MR) is 148 cm³/mol. The summed E-state index contributed by atoms with van der Waals surface area (Å²) in [6.07, 6.45) is 4.56. The van der Waals surface area contributed by atoms with Gasteiger partial charge in [-0.15, -0.1) is 0 Å². The Balaban J connectivity index is 1.30. The van der Waals surface area contributed by atoms with Crippen LogP contribution in [0, 0.1) is 27.4 Å². The summed E-state index contributed by atoms with van der Waals surface area (Å²) >= 11 is 0. The Morgan fingerprint density at radius 3 is 2.67 bits per heavy atom. The van der Waals surface area contributed by atoms with Crippen LogP contribution in [0.3, 0.4) is 0 Å². The molecule has 3 aromatic rings. The van der Waals surface area contributed by atoms with Crippen LogP contribution >= 0.6 is 0 Å². The Hall–Kier alpha value is -4.01. The maximum absolute atomic E-state index is 13.1. The summed E-state index contributed by atoms with van der Waals surface area (Å²) in [7, 11) is 3.36. The minimum Gasteiger partial charge on any atom is -0.496 e. The standard InChI is InChI=1S/C30H36N4O5/c1-30(2)17-24(26(35)14-15-28(36)33(3)19-21-8-5-6-11-27(21)39-4)25(30)13-12-22-18-31-29(32-22)20-9-7-10-23(16-20)34(37)38/h5-11,16,18,24-25H,12-15,17,19H2,1-4H3,(H,31,32)/t24-,25+/m0/s1. The third kappa shape index (κ3) is 6.53. The fraction of sp³-hybridized carbons (Fsp3) is 0.433. The lowest BCUT2D eigenvalue weighted by Crippen LogP contribution is -2.48. The lowest BCUT2D eigenvalue weighted by molar-refractivity contribution is -0.384. The van der Waals surface area contributed by atoms with Crippen molar-refractivity contribution in [2.75, 3.05) is 14.2 Å². The summed E-state index contributed by atoms with van der Waals surface area (Å²) < 4.78 is 5.38. The monoisotopic (exact) mass is 532 g/mol. The largest absolute Gasteiger partial charge is 0.496 e. The molecule has 9 nitrogen and oxygen atoms in total. The number of methoxy groups -OCH3 is 1. The van der Waals surface area contributed by atoms with Crippen molar-refractivity contribution in [1.82, 2.24) is 14.9 Å². The van der Waals surface area contributed by atoms with E-state index < -0.39 is 4.92 Å². The second-order valence-corrected chi connectivity index (χ2v) is 11.0. The highest BCUT2D eigenvalue weighted by Gasteiger charge is 2.49. The average molecular weight is 533 g/mol. The first-order chi connectivity index (χ1) is 18.6. The number of non-ortho nitro benzene ring substituents is 1. The molecule has 1 N–H and O–H groups in total. The van der Waals surface area contributed by atoms with E-state index in [2.05, 4.69) is 23.8 Å². The van der Waals surface area contributed by atoms with E-state index in [1.165, 1.54) is 12.1 Å². The number of aryl methyl sites for hydroxylation is 1. The maximum Gasteiger partial charge on any atom is 0.270 e. The average Bonchev–Trinajstić information content (AvgIpc) is 3.39. The summed E-state index contributed by atoms with van der Waals surface area (Å²) in [5.41, 5.74) is 2.59. The molecule has 1 aromatic heterocycles. The Kier molecular flexibility index (Phi) is 8.47. The topological polar surface area (TPSA) is 118 Å². The van der Waals surface area contributed by atoms with E-state index in [9.17, 15) is 19.7 Å². The van der Waals surface area contributed by atoms with Crippen LogP contribution in [0.15, 0.2) is 54.7 Å². The third-order valence-electron chi connectivity index (χ3n) is 7.94. The van der Waals surface area contributed by atoms with Crippen molar-refractivity contribution < 1.29 is 19.2 Å². The summed E-state index contributed by atoms with van der Waals surface area (Å²) in [6.45, 7) is 4.81. The number of aromatic amines is 1. The number of nitro benzene ring substituents is 1. The predicted octanol–water partition coefficient (Wildman–Crippen LogP) is 5.60. The molecule has 1 aliphatic carbocycles. The number of para-hydroxylation sites is 1. The van der Waals surface area contributed by atoms with Crippen molar-refractivity contribution in [3.63, 3.8) is 0 Å². The molecule has 0 unspecified atom stereocenters. The molecule has 1 heterocycles. The number of nitrogens with one attached hydrogen (secondary N) is 1. The van der Waals surface area contributed by atoms with Crippen LogP contribution in [0.5, 0.6) is 5.75 Å². The van der Waals surface area contributed by atoms with E-state index in [0.29, 0.717) is 17.9 Å². The molecule has 0 aliphatic heterocycles. The van der Waals surface area contributed by atoms with Crippen molar-refractivity contribution in [2.24, 2.45) is 17.3 Å². The van der Waals surface area contributed by atoms with Gasteiger partial charge in [-0.25, -0.2) is 4.98 Å². The molecule has 1 aliphatic rings. The zero-order chi connectivity index (χ0) is 28.2. The van der Waals surface area contributed by atoms with Gasteiger partial charge in [0.15, 0.2) is 0 Å². The Labute approximate surface area is 228 Å². The molecule has 1 saturated carbocycles. The van der Waals surface area contributed by atoms with Crippen molar-refractivity contribution in [2.45, 2.75) is 52.5 Å². The van der Waals surface area contributed by atoms with Gasteiger partial charge in [-0.2, -0.15) is 0 Å². The zero-order valence-electron chi connectivity index (χ0n) is 23.0. The number of ether oxygens (including phenoxy) is 1. The number of imidazole rings is 1. The van der Waals surface area contributed by atoms with Gasteiger partial charge in [0.05, 0.1) is 12.0 Å². The van der Waals surface area contributed by atoms with E-state index in [1.807, 2.05) is 24.3 Å². The van der Waals surface area contributed by atoms with Crippen molar-refractivity contribution >= 4 is 17.4 Å². The quantitative estimate of drug-likeness (QED) is 0.240. The van der Waals surface area contributed by atoms with Crippen molar-refractivity contribution in [3.05, 3.63) is 76.1 Å². The second kappa shape index (κ2) is 11.8. The first kappa shape index (κ1) is 28.0. The van der Waals surface area contributed by atoms with Crippen LogP contribution in [0.1, 0.15) is 50.8 Å². The third-order valence-corrected chi connectivity index (χ3v) is 7.94. The van der Waals surface area contributed by atoms with Gasteiger partial charge in [-0.1, -0.05) is 44.2 Å². The summed E-state index contributed by atoms with van der Waals surface area (Å²) in [6, 6.07) is 14.0. The molecular formula is C30H36N4O5. The molecule has 1 amide bonds. The van der Waals surface area contributed by atoms with Gasteiger partial charge >= 0.3 is 0 Å². The van der Waals surface area contributed by atoms with Crippen LogP contribution in [-0.2, 0) is 22.6 Å². The number of amides is 1. The number of benzene rings is 2. The summed E-state index contributed by atoms with van der Waals surface area (Å²) in [5.74, 6) is 1.59. The van der Waals surface area contributed by atoms with Gasteiger partial charge in [0.2, 0.25) is 5.91 Å². The first-order valence-corrected chi connectivity index (χ1v) is 13.3. The minimum atomic E-state index is -0.421. The molecule has 0 bridgehead atoms. The lowest BCUT2D eigenvalue weighted by Gasteiger charge is -2.51. The Morgan fingerprint density at radius 1 is 1.18 bits per heavy atom. The number of hydrogen-bond acceptors (Lipinski definition) is 6. The van der Waals surface area contributed by atoms with E-state index in [4.69, 9.17) is 4.74 Å². The SMILES string of the molecule is COc1ccccc1CN(C)C(=O)CCC(=O)[C@H]1CC(C)(C)[C@@H]1CCc1cnc(-c2cccc([N+](=O)[O-])c2)[nH]1. The van der Waals surface area contributed by atoms with E-state index >= 15 is 0 Å². The van der Waals surface area contributed by atoms with Crippen molar-refractivity contribution in [3.8, 4) is 17.1 Å². The number of aromatic nitrogens is 2. The van der Waals surface area contributed by atoms with Crippen LogP contribution < -0.4 is 4.74 Å². The fourth-order valence-electron chi connectivity index (χ4n) is 5.67. The highest BCUT2D eigenvalue weighted by atomic mass is 16.6. The molecule has 2 aromatic carbocycles. The number of rotatable bonds is 12. The highest BCUT2D eigenvalue weighted by Crippen LogP contribution is 2.53. The number of nitro groups is 1. The second-order valence-electron chi connectivity index (χ2n) is 11.0. The zero-order valence-corrected chi connectivity index (χ0v) is 23.0. The van der Waals surface area contributed by atoms with Crippen molar-refractivity contribution in [1.29, 1.82) is 0 Å². The molecule has 2 atom stereocenters. The summed E-state index contributed by atoms with van der Waals surface area (Å²) in [4.78, 5) is 45.9. The number of H-pyrrole nitrogens is 1. The van der Waals surface area contributed by atoms with E-state index in [-0.39, 0.29) is 47.5 Å². The van der Waals surface area contributed by atoms with Crippen LogP contribution in [-0.4, -0.2) is 45.6 Å². The number of nitrogens with zero attached hydrogens (tertiary/aromatic N) is 3. The summed E-state index contributed by atoms with van der Waals surface area (Å²) in [5, 5.41) is 11.1. The van der Waals surface area contributed by atoms with Gasteiger partial charge in [0.25, 0.3) is 5.69 Å². The Morgan fingerprint density at radius 2 is 1.95 bits per heavy atom. The van der Waals surface area contributed by atoms with E-state index in [0.717, 1.165) is 36.3 Å². The molecule has 0 saturated heterocycles. The van der Waals surface area contributed by atoms with E-state index in [1.54, 1.807) is 37.4 Å². The number of carbonyl (C=O) groups excluding carboxylic acids is 2. The number of carbonyl (C=O) groups is 2. The van der Waals surface area contributed by atoms with Crippen LogP contribution in [0.4, 0.5) is 5.69 Å². The maximum atomic E-state index is 13.1. The smallest absolute Gasteiger partial charge is 0.270 e. The lowest BCUT2D eigenvalue weighted by atomic mass is 9.53.